The molecule has 0 saturated heterocycles. The SMILES string of the molecule is O=C(N[C@@H]1CCCC[C@]1(O)C(=O)O)OCc1ccccc1. The summed E-state index contributed by atoms with van der Waals surface area (Å²) < 4.78 is 5.05. The quantitative estimate of drug-likeness (QED) is 0.784. The van der Waals surface area contributed by atoms with Gasteiger partial charge >= 0.3 is 12.1 Å². The lowest BCUT2D eigenvalue weighted by atomic mass is 9.80. The van der Waals surface area contributed by atoms with Gasteiger partial charge in [0.25, 0.3) is 0 Å². The van der Waals surface area contributed by atoms with Gasteiger partial charge in [-0.3, -0.25) is 0 Å². The number of benzene rings is 1. The normalized spacial score (nSPS) is 25.1. The van der Waals surface area contributed by atoms with Crippen LogP contribution in [-0.2, 0) is 16.1 Å². The summed E-state index contributed by atoms with van der Waals surface area (Å²) in [6, 6.07) is 8.34. The number of ether oxygens (including phenoxy) is 1. The number of carboxylic acid groups (broad SMARTS) is 1. The molecule has 0 unspecified atom stereocenters. The van der Waals surface area contributed by atoms with E-state index < -0.39 is 23.7 Å². The summed E-state index contributed by atoms with van der Waals surface area (Å²) in [6.45, 7) is 0.102. The number of aliphatic hydroxyl groups is 1. The first-order chi connectivity index (χ1) is 10.0. The van der Waals surface area contributed by atoms with Crippen molar-refractivity contribution >= 4 is 12.1 Å². The number of alkyl carbamates (subject to hydrolysis) is 1. The van der Waals surface area contributed by atoms with Crippen molar-refractivity contribution in [3.63, 3.8) is 0 Å². The highest BCUT2D eigenvalue weighted by Crippen LogP contribution is 2.29. The minimum absolute atomic E-state index is 0.102. The molecule has 0 bridgehead atoms. The maximum atomic E-state index is 11.8. The Labute approximate surface area is 122 Å². The zero-order chi connectivity index (χ0) is 15.3. The summed E-state index contributed by atoms with van der Waals surface area (Å²) in [5, 5.41) is 21.8. The molecule has 0 heterocycles. The first-order valence-electron chi connectivity index (χ1n) is 6.95. The van der Waals surface area contributed by atoms with Crippen molar-refractivity contribution in [3.05, 3.63) is 35.9 Å². The Kier molecular flexibility index (Phi) is 4.80. The Morgan fingerprint density at radius 2 is 2.00 bits per heavy atom. The Hall–Kier alpha value is -2.08. The highest BCUT2D eigenvalue weighted by atomic mass is 16.5. The van der Waals surface area contributed by atoms with Gasteiger partial charge in [-0.1, -0.05) is 36.8 Å². The van der Waals surface area contributed by atoms with Crippen LogP contribution in [0.2, 0.25) is 0 Å². The summed E-state index contributed by atoms with van der Waals surface area (Å²) in [5.74, 6) is -1.31. The van der Waals surface area contributed by atoms with E-state index in [1.165, 1.54) is 0 Å². The fraction of sp³-hybridized carbons (Fsp3) is 0.467. The molecule has 1 aromatic rings. The third-order valence-corrected chi connectivity index (χ3v) is 3.75. The van der Waals surface area contributed by atoms with Crippen molar-refractivity contribution in [1.82, 2.24) is 5.32 Å². The van der Waals surface area contributed by atoms with Crippen LogP contribution in [0.3, 0.4) is 0 Å². The second kappa shape index (κ2) is 6.58. The van der Waals surface area contributed by atoms with Gasteiger partial charge in [0.05, 0.1) is 6.04 Å². The molecule has 1 amide bonds. The second-order valence-electron chi connectivity index (χ2n) is 5.23. The number of carbonyl (C=O) groups is 2. The van der Waals surface area contributed by atoms with Crippen LogP contribution in [0, 0.1) is 0 Å². The summed E-state index contributed by atoms with van der Waals surface area (Å²) in [7, 11) is 0. The van der Waals surface area contributed by atoms with Gasteiger partial charge in [0.1, 0.15) is 6.61 Å². The Bertz CT molecular complexity index is 504. The molecular weight excluding hydrogens is 274 g/mol. The van der Waals surface area contributed by atoms with Crippen LogP contribution >= 0.6 is 0 Å². The van der Waals surface area contributed by atoms with E-state index in [0.717, 1.165) is 12.0 Å². The van der Waals surface area contributed by atoms with Gasteiger partial charge < -0.3 is 20.3 Å². The highest BCUT2D eigenvalue weighted by Gasteiger charge is 2.46. The Balaban J connectivity index is 1.90. The molecule has 3 N–H and O–H groups in total. The van der Waals surface area contributed by atoms with Crippen LogP contribution < -0.4 is 5.32 Å². The van der Waals surface area contributed by atoms with Crippen molar-refractivity contribution in [1.29, 1.82) is 0 Å². The van der Waals surface area contributed by atoms with Crippen LogP contribution in [0.5, 0.6) is 0 Å². The first kappa shape index (κ1) is 15.3. The van der Waals surface area contributed by atoms with Crippen LogP contribution in [0.25, 0.3) is 0 Å². The Morgan fingerprint density at radius 1 is 1.29 bits per heavy atom. The van der Waals surface area contributed by atoms with E-state index >= 15 is 0 Å². The standard InChI is InChI=1S/C15H19NO5/c17-13(18)15(20)9-5-4-8-12(15)16-14(19)21-10-11-6-2-1-3-7-11/h1-3,6-7,12,20H,4-5,8-10H2,(H,16,19)(H,17,18)/t12-,15-/m1/s1. The van der Waals surface area contributed by atoms with Gasteiger partial charge in [-0.2, -0.15) is 0 Å². The molecule has 0 aliphatic heterocycles. The average Bonchev–Trinajstić information content (AvgIpc) is 2.48. The fourth-order valence-electron chi connectivity index (χ4n) is 2.51. The number of hydrogen-bond acceptors (Lipinski definition) is 4. The third kappa shape index (κ3) is 3.72. The largest absolute Gasteiger partial charge is 0.479 e. The lowest BCUT2D eigenvalue weighted by molar-refractivity contribution is -0.164. The van der Waals surface area contributed by atoms with Gasteiger partial charge in [-0.15, -0.1) is 0 Å². The molecule has 1 aromatic carbocycles. The van der Waals surface area contributed by atoms with Crippen molar-refractivity contribution in [2.24, 2.45) is 0 Å². The maximum Gasteiger partial charge on any atom is 0.407 e. The number of carbonyl (C=O) groups excluding carboxylic acids is 1. The highest BCUT2D eigenvalue weighted by molar-refractivity contribution is 5.80. The van der Waals surface area contributed by atoms with Crippen molar-refractivity contribution < 1.29 is 24.5 Å². The number of aliphatic carboxylic acids is 1. The monoisotopic (exact) mass is 293 g/mol. The van der Waals surface area contributed by atoms with Crippen LogP contribution in [0.15, 0.2) is 30.3 Å². The second-order valence-corrected chi connectivity index (χ2v) is 5.23. The minimum atomic E-state index is -1.91. The van der Waals surface area contributed by atoms with Crippen LogP contribution in [0.1, 0.15) is 31.2 Å². The molecule has 0 radical (unpaired) electrons. The number of nitrogens with one attached hydrogen (secondary N) is 1. The van der Waals surface area contributed by atoms with Gasteiger partial charge in [0.15, 0.2) is 5.60 Å². The number of carboxylic acids is 1. The molecule has 114 valence electrons. The maximum absolute atomic E-state index is 11.8. The molecule has 2 atom stereocenters. The van der Waals surface area contributed by atoms with E-state index in [0.29, 0.717) is 12.8 Å². The smallest absolute Gasteiger partial charge is 0.407 e. The Morgan fingerprint density at radius 3 is 2.67 bits per heavy atom. The van der Waals surface area contributed by atoms with Crippen LogP contribution in [0.4, 0.5) is 4.79 Å². The van der Waals surface area contributed by atoms with Gasteiger partial charge in [0.2, 0.25) is 0 Å². The van der Waals surface area contributed by atoms with Crippen molar-refractivity contribution in [2.45, 2.75) is 43.9 Å². The van der Waals surface area contributed by atoms with E-state index in [4.69, 9.17) is 9.84 Å². The topological polar surface area (TPSA) is 95.9 Å². The molecular formula is C15H19NO5. The van der Waals surface area contributed by atoms with E-state index in [2.05, 4.69) is 5.32 Å². The van der Waals surface area contributed by atoms with E-state index in [-0.39, 0.29) is 13.0 Å². The van der Waals surface area contributed by atoms with E-state index in [9.17, 15) is 14.7 Å². The predicted octanol–water partition coefficient (Wildman–Crippen LogP) is 1.67. The fourth-order valence-corrected chi connectivity index (χ4v) is 2.51. The molecule has 1 fully saturated rings. The van der Waals surface area contributed by atoms with Gasteiger partial charge in [0, 0.05) is 0 Å². The van der Waals surface area contributed by atoms with Crippen LogP contribution in [-0.4, -0.2) is 33.9 Å². The van der Waals surface area contributed by atoms with Gasteiger partial charge in [-0.25, -0.2) is 9.59 Å². The summed E-state index contributed by atoms with van der Waals surface area (Å²) in [5.41, 5.74) is -1.07. The van der Waals surface area contributed by atoms with E-state index in [1.807, 2.05) is 30.3 Å². The molecule has 0 spiro atoms. The zero-order valence-corrected chi connectivity index (χ0v) is 11.6. The molecule has 1 saturated carbocycles. The van der Waals surface area contributed by atoms with Gasteiger partial charge in [-0.05, 0) is 24.8 Å². The lowest BCUT2D eigenvalue weighted by Crippen LogP contribution is -2.59. The molecule has 1 aliphatic rings. The van der Waals surface area contributed by atoms with E-state index in [1.54, 1.807) is 0 Å². The number of amides is 1. The summed E-state index contributed by atoms with van der Waals surface area (Å²) in [4.78, 5) is 23.0. The molecule has 2 rings (SSSR count). The zero-order valence-electron chi connectivity index (χ0n) is 11.6. The number of hydrogen-bond donors (Lipinski definition) is 3. The van der Waals surface area contributed by atoms with Crippen molar-refractivity contribution in [3.8, 4) is 0 Å². The van der Waals surface area contributed by atoms with Crippen molar-refractivity contribution in [2.75, 3.05) is 0 Å². The predicted molar refractivity (Wildman–Crippen MR) is 74.6 cm³/mol. The molecule has 1 aliphatic carbocycles. The molecule has 21 heavy (non-hydrogen) atoms. The first-order valence-corrected chi connectivity index (χ1v) is 6.95. The lowest BCUT2D eigenvalue weighted by Gasteiger charge is -2.36. The molecule has 6 heteroatoms. The third-order valence-electron chi connectivity index (χ3n) is 3.75. The number of rotatable bonds is 4. The summed E-state index contributed by atoms with van der Waals surface area (Å²) in [6.07, 6.45) is 1.22. The molecule has 6 nitrogen and oxygen atoms in total. The molecule has 0 aromatic heterocycles. The minimum Gasteiger partial charge on any atom is -0.479 e. The average molecular weight is 293 g/mol. The summed E-state index contributed by atoms with van der Waals surface area (Å²) >= 11 is 0.